The number of pyridine rings is 1. The monoisotopic (exact) mass is 282 g/mol. The van der Waals surface area contributed by atoms with E-state index in [1.165, 1.54) is 12.3 Å². The molecule has 20 heavy (non-hydrogen) atoms. The summed E-state index contributed by atoms with van der Waals surface area (Å²) in [6.07, 6.45) is -2.30. The van der Waals surface area contributed by atoms with Gasteiger partial charge in [0.15, 0.2) is 0 Å². The summed E-state index contributed by atoms with van der Waals surface area (Å²) in [7, 11) is 0. The average molecular weight is 282 g/mol. The van der Waals surface area contributed by atoms with Crippen LogP contribution in [0.3, 0.4) is 0 Å². The SMILES string of the molecule is CCCNc1cc(-c2ccccn2)nc(C(F)(F)F)n1. The Morgan fingerprint density at radius 2 is 1.95 bits per heavy atom. The van der Waals surface area contributed by atoms with Gasteiger partial charge in [-0.1, -0.05) is 13.0 Å². The highest BCUT2D eigenvalue weighted by Crippen LogP contribution is 2.29. The maximum absolute atomic E-state index is 12.8. The van der Waals surface area contributed by atoms with Crippen molar-refractivity contribution in [2.75, 3.05) is 11.9 Å². The molecule has 0 unspecified atom stereocenters. The fourth-order valence-corrected chi connectivity index (χ4v) is 1.56. The van der Waals surface area contributed by atoms with Crippen molar-refractivity contribution in [2.24, 2.45) is 0 Å². The lowest BCUT2D eigenvalue weighted by molar-refractivity contribution is -0.144. The molecular weight excluding hydrogens is 269 g/mol. The number of rotatable bonds is 4. The molecule has 0 aromatic carbocycles. The largest absolute Gasteiger partial charge is 0.451 e. The van der Waals surface area contributed by atoms with E-state index >= 15 is 0 Å². The lowest BCUT2D eigenvalue weighted by atomic mass is 10.2. The van der Waals surface area contributed by atoms with Crippen LogP contribution < -0.4 is 5.32 Å². The Balaban J connectivity index is 2.46. The number of anilines is 1. The molecule has 2 aromatic heterocycles. The van der Waals surface area contributed by atoms with Crippen molar-refractivity contribution in [3.63, 3.8) is 0 Å². The van der Waals surface area contributed by atoms with E-state index in [0.717, 1.165) is 6.42 Å². The maximum atomic E-state index is 12.8. The molecule has 0 spiro atoms. The third kappa shape index (κ3) is 3.43. The predicted molar refractivity (Wildman–Crippen MR) is 69.0 cm³/mol. The van der Waals surface area contributed by atoms with Gasteiger partial charge in [-0.25, -0.2) is 9.97 Å². The van der Waals surface area contributed by atoms with E-state index in [-0.39, 0.29) is 11.5 Å². The number of halogens is 3. The van der Waals surface area contributed by atoms with Crippen LogP contribution in [0.1, 0.15) is 19.2 Å². The van der Waals surface area contributed by atoms with E-state index in [2.05, 4.69) is 20.3 Å². The Morgan fingerprint density at radius 1 is 1.15 bits per heavy atom. The first kappa shape index (κ1) is 14.2. The summed E-state index contributed by atoms with van der Waals surface area (Å²) in [4.78, 5) is 11.0. The minimum absolute atomic E-state index is 0.145. The molecule has 2 aromatic rings. The zero-order valence-electron chi connectivity index (χ0n) is 10.8. The van der Waals surface area contributed by atoms with E-state index in [0.29, 0.717) is 12.2 Å². The molecule has 7 heteroatoms. The first-order valence-electron chi connectivity index (χ1n) is 6.12. The number of nitrogens with zero attached hydrogens (tertiary/aromatic N) is 3. The highest BCUT2D eigenvalue weighted by molar-refractivity contribution is 5.58. The summed E-state index contributed by atoms with van der Waals surface area (Å²) in [6, 6.07) is 6.45. The number of alkyl halides is 3. The summed E-state index contributed by atoms with van der Waals surface area (Å²) in [5.41, 5.74) is 0.520. The van der Waals surface area contributed by atoms with Crippen LogP contribution in [0.2, 0.25) is 0 Å². The summed E-state index contributed by atoms with van der Waals surface area (Å²) < 4.78 is 38.4. The second kappa shape index (κ2) is 5.85. The van der Waals surface area contributed by atoms with Gasteiger partial charge in [0.1, 0.15) is 5.82 Å². The van der Waals surface area contributed by atoms with Crippen LogP contribution in [0.4, 0.5) is 19.0 Å². The lowest BCUT2D eigenvalue weighted by Crippen LogP contribution is -2.14. The molecule has 0 aliphatic carbocycles. The van der Waals surface area contributed by atoms with Crippen molar-refractivity contribution in [1.82, 2.24) is 15.0 Å². The number of nitrogens with one attached hydrogen (secondary N) is 1. The third-order valence-electron chi connectivity index (χ3n) is 2.46. The number of aromatic nitrogens is 3. The van der Waals surface area contributed by atoms with Gasteiger partial charge in [-0.15, -0.1) is 0 Å². The Kier molecular flexibility index (Phi) is 4.16. The molecule has 0 aliphatic heterocycles. The van der Waals surface area contributed by atoms with Crippen LogP contribution in [0.25, 0.3) is 11.4 Å². The Bertz CT molecular complexity index is 570. The van der Waals surface area contributed by atoms with Gasteiger partial charge in [0.25, 0.3) is 0 Å². The van der Waals surface area contributed by atoms with E-state index in [1.54, 1.807) is 18.2 Å². The van der Waals surface area contributed by atoms with Crippen LogP contribution in [0.5, 0.6) is 0 Å². The molecule has 0 atom stereocenters. The van der Waals surface area contributed by atoms with Crippen molar-refractivity contribution in [3.05, 3.63) is 36.3 Å². The molecule has 0 amide bonds. The topological polar surface area (TPSA) is 50.7 Å². The van der Waals surface area contributed by atoms with Gasteiger partial charge in [-0.3, -0.25) is 4.98 Å². The minimum atomic E-state index is -4.59. The van der Waals surface area contributed by atoms with Gasteiger partial charge in [0.2, 0.25) is 5.82 Å². The maximum Gasteiger partial charge on any atom is 0.451 e. The van der Waals surface area contributed by atoms with E-state index in [4.69, 9.17) is 0 Å². The van der Waals surface area contributed by atoms with Crippen molar-refractivity contribution < 1.29 is 13.2 Å². The van der Waals surface area contributed by atoms with Crippen molar-refractivity contribution >= 4 is 5.82 Å². The molecular formula is C13H13F3N4. The standard InChI is InChI=1S/C13H13F3N4/c1-2-6-18-11-8-10(9-5-3-4-7-17-9)19-12(20-11)13(14,15)16/h3-5,7-8H,2,6H2,1H3,(H,18,19,20). The Morgan fingerprint density at radius 3 is 2.55 bits per heavy atom. The molecule has 1 N–H and O–H groups in total. The lowest BCUT2D eigenvalue weighted by Gasteiger charge is -2.11. The molecule has 0 radical (unpaired) electrons. The smallest absolute Gasteiger partial charge is 0.370 e. The summed E-state index contributed by atoms with van der Waals surface area (Å²) in [5, 5.41) is 2.84. The molecule has 106 valence electrons. The molecule has 0 bridgehead atoms. The highest BCUT2D eigenvalue weighted by atomic mass is 19.4. The second-order valence-corrected chi connectivity index (χ2v) is 4.10. The molecule has 0 saturated heterocycles. The predicted octanol–water partition coefficient (Wildman–Crippen LogP) is 3.38. The van der Waals surface area contributed by atoms with Crippen molar-refractivity contribution in [3.8, 4) is 11.4 Å². The van der Waals surface area contributed by atoms with Crippen molar-refractivity contribution in [2.45, 2.75) is 19.5 Å². The molecule has 4 nitrogen and oxygen atoms in total. The Labute approximate surface area is 114 Å². The average Bonchev–Trinajstić information content (AvgIpc) is 2.45. The van der Waals surface area contributed by atoms with Crippen LogP contribution in [-0.4, -0.2) is 21.5 Å². The van der Waals surface area contributed by atoms with Gasteiger partial charge in [-0.2, -0.15) is 13.2 Å². The van der Waals surface area contributed by atoms with Gasteiger partial charge in [0, 0.05) is 18.8 Å². The quantitative estimate of drug-likeness (QED) is 0.934. The van der Waals surface area contributed by atoms with Crippen LogP contribution >= 0.6 is 0 Å². The van der Waals surface area contributed by atoms with Crippen LogP contribution in [0.15, 0.2) is 30.5 Å². The normalized spacial score (nSPS) is 11.4. The van der Waals surface area contributed by atoms with Gasteiger partial charge >= 0.3 is 6.18 Å². The fraction of sp³-hybridized carbons (Fsp3) is 0.308. The second-order valence-electron chi connectivity index (χ2n) is 4.10. The van der Waals surface area contributed by atoms with Gasteiger partial charge in [0.05, 0.1) is 11.4 Å². The zero-order chi connectivity index (χ0) is 14.6. The minimum Gasteiger partial charge on any atom is -0.370 e. The van der Waals surface area contributed by atoms with Gasteiger partial charge < -0.3 is 5.32 Å². The van der Waals surface area contributed by atoms with Crippen LogP contribution in [-0.2, 0) is 6.18 Å². The Hall–Kier alpha value is -2.18. The zero-order valence-corrected chi connectivity index (χ0v) is 10.8. The first-order valence-corrected chi connectivity index (χ1v) is 6.12. The number of hydrogen-bond donors (Lipinski definition) is 1. The van der Waals surface area contributed by atoms with Gasteiger partial charge in [-0.05, 0) is 18.6 Å². The number of hydrogen-bond acceptors (Lipinski definition) is 4. The molecule has 0 saturated carbocycles. The first-order chi connectivity index (χ1) is 9.50. The molecule has 0 aliphatic rings. The van der Waals surface area contributed by atoms with E-state index in [1.807, 2.05) is 6.92 Å². The van der Waals surface area contributed by atoms with Crippen LogP contribution in [0, 0.1) is 0 Å². The third-order valence-corrected chi connectivity index (χ3v) is 2.46. The van der Waals surface area contributed by atoms with Crippen molar-refractivity contribution in [1.29, 1.82) is 0 Å². The molecule has 2 heterocycles. The molecule has 0 fully saturated rings. The highest BCUT2D eigenvalue weighted by Gasteiger charge is 2.35. The summed E-state index contributed by atoms with van der Waals surface area (Å²) >= 11 is 0. The summed E-state index contributed by atoms with van der Waals surface area (Å²) in [5.74, 6) is -1.02. The van der Waals surface area contributed by atoms with E-state index < -0.39 is 12.0 Å². The van der Waals surface area contributed by atoms with E-state index in [9.17, 15) is 13.2 Å². The fourth-order valence-electron chi connectivity index (χ4n) is 1.56. The summed E-state index contributed by atoms with van der Waals surface area (Å²) in [6.45, 7) is 2.45. The molecule has 2 rings (SSSR count).